The van der Waals surface area contributed by atoms with Crippen LogP contribution in [-0.4, -0.2) is 87.1 Å². The number of amides is 2. The maximum absolute atomic E-state index is 12.1. The molecule has 0 spiro atoms. The number of nitrogens with one attached hydrogen (secondary N) is 1. The summed E-state index contributed by atoms with van der Waals surface area (Å²) in [5.74, 6) is 0.426. The number of nitrogens with zero attached hydrogens (tertiary/aromatic N) is 2. The predicted octanol–water partition coefficient (Wildman–Crippen LogP) is -0.546. The Hall–Kier alpha value is -1.35. The first-order chi connectivity index (χ1) is 10.9. The van der Waals surface area contributed by atoms with E-state index in [1.54, 1.807) is 16.7 Å². The molecule has 0 aromatic heterocycles. The largest absolute Gasteiger partial charge is 0.450 e. The number of piperazine rings is 1. The van der Waals surface area contributed by atoms with Crippen LogP contribution < -0.4 is 5.32 Å². The predicted molar refractivity (Wildman–Crippen MR) is 84.9 cm³/mol. The molecule has 23 heavy (non-hydrogen) atoms. The Balaban J connectivity index is 1.64. The Morgan fingerprint density at radius 3 is 2.39 bits per heavy atom. The van der Waals surface area contributed by atoms with E-state index in [2.05, 4.69) is 5.32 Å². The topological polar surface area (TPSA) is 96.0 Å². The SMILES string of the molecule is CCOC(=O)N1CCN(C(=O)CCNC2CCS(=O)(=O)C2)CC1. The summed E-state index contributed by atoms with van der Waals surface area (Å²) in [7, 11) is -2.89. The van der Waals surface area contributed by atoms with Crippen LogP contribution in [0.1, 0.15) is 19.8 Å². The van der Waals surface area contributed by atoms with E-state index in [0.29, 0.717) is 52.2 Å². The summed E-state index contributed by atoms with van der Waals surface area (Å²) in [5, 5.41) is 3.14. The zero-order valence-corrected chi connectivity index (χ0v) is 14.3. The normalized spacial score (nSPS) is 23.8. The summed E-state index contributed by atoms with van der Waals surface area (Å²) in [4.78, 5) is 27.1. The molecule has 2 fully saturated rings. The van der Waals surface area contributed by atoms with Gasteiger partial charge >= 0.3 is 6.09 Å². The minimum absolute atomic E-state index is 0.0295. The third kappa shape index (κ3) is 5.35. The average molecular weight is 347 g/mol. The van der Waals surface area contributed by atoms with E-state index < -0.39 is 9.84 Å². The van der Waals surface area contributed by atoms with Crippen molar-refractivity contribution < 1.29 is 22.7 Å². The maximum Gasteiger partial charge on any atom is 0.409 e. The molecule has 1 N–H and O–H groups in total. The second-order valence-corrected chi connectivity index (χ2v) is 8.10. The molecule has 2 rings (SSSR count). The van der Waals surface area contributed by atoms with E-state index in [-0.39, 0.29) is 29.5 Å². The highest BCUT2D eigenvalue weighted by atomic mass is 32.2. The second kappa shape index (κ2) is 7.96. The highest BCUT2D eigenvalue weighted by Gasteiger charge is 2.28. The van der Waals surface area contributed by atoms with Gasteiger partial charge in [-0.3, -0.25) is 4.79 Å². The molecule has 1 unspecified atom stereocenters. The first-order valence-electron chi connectivity index (χ1n) is 8.04. The van der Waals surface area contributed by atoms with Gasteiger partial charge in [0.15, 0.2) is 9.84 Å². The monoisotopic (exact) mass is 347 g/mol. The first kappa shape index (κ1) is 18.0. The van der Waals surface area contributed by atoms with Crippen molar-refractivity contribution in [2.24, 2.45) is 0 Å². The molecular weight excluding hydrogens is 322 g/mol. The zero-order valence-electron chi connectivity index (χ0n) is 13.5. The molecule has 2 aliphatic heterocycles. The molecule has 0 radical (unpaired) electrons. The van der Waals surface area contributed by atoms with E-state index in [0.717, 1.165) is 0 Å². The van der Waals surface area contributed by atoms with Crippen molar-refractivity contribution in [3.63, 3.8) is 0 Å². The van der Waals surface area contributed by atoms with Gasteiger partial charge < -0.3 is 19.9 Å². The third-order valence-corrected chi connectivity index (χ3v) is 5.93. The van der Waals surface area contributed by atoms with E-state index in [1.807, 2.05) is 0 Å². The Morgan fingerprint density at radius 2 is 1.83 bits per heavy atom. The van der Waals surface area contributed by atoms with Gasteiger partial charge in [0.2, 0.25) is 5.91 Å². The molecule has 0 saturated carbocycles. The van der Waals surface area contributed by atoms with Gasteiger partial charge in [0, 0.05) is 45.2 Å². The lowest BCUT2D eigenvalue weighted by molar-refractivity contribution is -0.132. The Labute approximate surface area is 137 Å². The number of carbonyl (C=O) groups excluding carboxylic acids is 2. The van der Waals surface area contributed by atoms with Crippen LogP contribution in [0.2, 0.25) is 0 Å². The fourth-order valence-electron chi connectivity index (χ4n) is 2.85. The first-order valence-corrected chi connectivity index (χ1v) is 9.86. The number of sulfone groups is 1. The van der Waals surface area contributed by atoms with Crippen molar-refractivity contribution >= 4 is 21.8 Å². The van der Waals surface area contributed by atoms with Gasteiger partial charge in [-0.15, -0.1) is 0 Å². The number of ether oxygens (including phenoxy) is 1. The van der Waals surface area contributed by atoms with Gasteiger partial charge in [-0.2, -0.15) is 0 Å². The Morgan fingerprint density at radius 1 is 1.17 bits per heavy atom. The molecular formula is C14H25N3O5S. The molecule has 0 bridgehead atoms. The Bertz CT molecular complexity index is 529. The summed E-state index contributed by atoms with van der Waals surface area (Å²) in [5.41, 5.74) is 0. The van der Waals surface area contributed by atoms with Crippen LogP contribution in [0.3, 0.4) is 0 Å². The van der Waals surface area contributed by atoms with Gasteiger partial charge in [-0.05, 0) is 13.3 Å². The summed E-state index contributed by atoms with van der Waals surface area (Å²) in [6.07, 6.45) is 0.633. The molecule has 9 heteroatoms. The minimum Gasteiger partial charge on any atom is -0.450 e. The minimum atomic E-state index is -2.89. The number of rotatable bonds is 5. The van der Waals surface area contributed by atoms with Crippen LogP contribution >= 0.6 is 0 Å². The van der Waals surface area contributed by atoms with Gasteiger partial charge in [0.05, 0.1) is 18.1 Å². The van der Waals surface area contributed by atoms with Gasteiger partial charge in [0.25, 0.3) is 0 Å². The van der Waals surface area contributed by atoms with Crippen molar-refractivity contribution in [3.05, 3.63) is 0 Å². The molecule has 0 aromatic carbocycles. The zero-order chi connectivity index (χ0) is 16.9. The summed E-state index contributed by atoms with van der Waals surface area (Å²) < 4.78 is 27.7. The van der Waals surface area contributed by atoms with Crippen LogP contribution in [0, 0.1) is 0 Å². The van der Waals surface area contributed by atoms with E-state index in [4.69, 9.17) is 4.74 Å². The van der Waals surface area contributed by atoms with Crippen LogP contribution in [0.4, 0.5) is 4.79 Å². The lowest BCUT2D eigenvalue weighted by Gasteiger charge is -2.34. The van der Waals surface area contributed by atoms with E-state index in [9.17, 15) is 18.0 Å². The molecule has 0 aliphatic carbocycles. The van der Waals surface area contributed by atoms with Gasteiger partial charge in [-0.25, -0.2) is 13.2 Å². The number of carbonyl (C=O) groups is 2. The smallest absolute Gasteiger partial charge is 0.409 e. The molecule has 2 amide bonds. The quantitative estimate of drug-likeness (QED) is 0.717. The molecule has 2 aliphatic rings. The fraction of sp³-hybridized carbons (Fsp3) is 0.857. The maximum atomic E-state index is 12.1. The standard InChI is InChI=1S/C14H25N3O5S/c1-2-22-14(19)17-8-6-16(7-9-17)13(18)3-5-15-12-4-10-23(20,21)11-12/h12,15H,2-11H2,1H3. The summed E-state index contributed by atoms with van der Waals surface area (Å²) in [6.45, 7) is 4.58. The molecule has 2 heterocycles. The lowest BCUT2D eigenvalue weighted by Crippen LogP contribution is -2.51. The highest BCUT2D eigenvalue weighted by Crippen LogP contribution is 2.11. The van der Waals surface area contributed by atoms with Crippen LogP contribution in [0.15, 0.2) is 0 Å². The van der Waals surface area contributed by atoms with Crippen LogP contribution in [-0.2, 0) is 19.4 Å². The second-order valence-electron chi connectivity index (χ2n) is 5.87. The van der Waals surface area contributed by atoms with Crippen LogP contribution in [0.25, 0.3) is 0 Å². The van der Waals surface area contributed by atoms with Crippen LogP contribution in [0.5, 0.6) is 0 Å². The van der Waals surface area contributed by atoms with Gasteiger partial charge in [0.1, 0.15) is 0 Å². The Kier molecular flexibility index (Phi) is 6.23. The highest BCUT2D eigenvalue weighted by molar-refractivity contribution is 7.91. The van der Waals surface area contributed by atoms with Crippen molar-refractivity contribution in [2.45, 2.75) is 25.8 Å². The van der Waals surface area contributed by atoms with Crippen molar-refractivity contribution in [1.29, 1.82) is 0 Å². The van der Waals surface area contributed by atoms with E-state index in [1.165, 1.54) is 0 Å². The third-order valence-electron chi connectivity index (χ3n) is 4.16. The van der Waals surface area contributed by atoms with Crippen molar-refractivity contribution in [1.82, 2.24) is 15.1 Å². The van der Waals surface area contributed by atoms with Crippen molar-refractivity contribution in [3.8, 4) is 0 Å². The number of hydrogen-bond acceptors (Lipinski definition) is 6. The van der Waals surface area contributed by atoms with Crippen molar-refractivity contribution in [2.75, 3.05) is 50.8 Å². The summed E-state index contributed by atoms with van der Waals surface area (Å²) in [6, 6.07) is -0.0338. The molecule has 8 nitrogen and oxygen atoms in total. The molecule has 132 valence electrons. The fourth-order valence-corrected chi connectivity index (χ4v) is 4.56. The molecule has 0 aromatic rings. The summed E-state index contributed by atoms with van der Waals surface area (Å²) >= 11 is 0. The van der Waals surface area contributed by atoms with E-state index >= 15 is 0 Å². The lowest BCUT2D eigenvalue weighted by atomic mass is 10.2. The number of hydrogen-bond donors (Lipinski definition) is 1. The van der Waals surface area contributed by atoms with Gasteiger partial charge in [-0.1, -0.05) is 0 Å². The average Bonchev–Trinajstić information content (AvgIpc) is 2.87. The molecule has 2 saturated heterocycles. The molecule has 1 atom stereocenters.